The average Bonchev–Trinajstić information content (AvgIpc) is 3.21. The summed E-state index contributed by atoms with van der Waals surface area (Å²) in [5, 5.41) is 3.36. The highest BCUT2D eigenvalue weighted by Crippen LogP contribution is 2.32. The summed E-state index contributed by atoms with van der Waals surface area (Å²) in [5.74, 6) is 0.531. The van der Waals surface area contributed by atoms with Gasteiger partial charge in [-0.25, -0.2) is 4.98 Å². The van der Waals surface area contributed by atoms with Gasteiger partial charge in [-0.1, -0.05) is 6.92 Å². The molecular formula is C15H24ClN3S. The lowest BCUT2D eigenvalue weighted by Gasteiger charge is -2.27. The second kappa shape index (κ2) is 6.73. The van der Waals surface area contributed by atoms with E-state index < -0.39 is 0 Å². The number of nitrogens with zero attached hydrogens (tertiary/aromatic N) is 3. The molecule has 1 aromatic heterocycles. The maximum absolute atomic E-state index is 5.88. The summed E-state index contributed by atoms with van der Waals surface area (Å²) < 4.78 is 0. The first-order valence-electron chi connectivity index (χ1n) is 7.80. The molecule has 0 N–H and O–H groups in total. The molecule has 3 nitrogen and oxygen atoms in total. The van der Waals surface area contributed by atoms with Gasteiger partial charge in [-0.2, -0.15) is 0 Å². The summed E-state index contributed by atoms with van der Waals surface area (Å²) in [7, 11) is 0. The Hall–Kier alpha value is -0.160. The number of alkyl halides is 1. The molecule has 1 aromatic rings. The molecule has 5 heteroatoms. The molecule has 3 rings (SSSR count). The highest BCUT2D eigenvalue weighted by atomic mass is 35.5. The van der Waals surface area contributed by atoms with E-state index in [9.17, 15) is 0 Å². The van der Waals surface area contributed by atoms with Gasteiger partial charge < -0.3 is 0 Å². The Morgan fingerprint density at radius 2 is 2.20 bits per heavy atom. The Labute approximate surface area is 130 Å². The molecule has 0 spiro atoms. The van der Waals surface area contributed by atoms with E-state index in [1.807, 2.05) is 0 Å². The van der Waals surface area contributed by atoms with Gasteiger partial charge in [-0.05, 0) is 38.8 Å². The molecule has 2 saturated heterocycles. The van der Waals surface area contributed by atoms with Crippen LogP contribution in [0.2, 0.25) is 0 Å². The van der Waals surface area contributed by atoms with Crippen LogP contribution < -0.4 is 0 Å². The number of hydrogen-bond acceptors (Lipinski definition) is 4. The van der Waals surface area contributed by atoms with Crippen molar-refractivity contribution in [2.45, 2.75) is 50.6 Å². The highest BCUT2D eigenvalue weighted by molar-refractivity contribution is 7.09. The summed E-state index contributed by atoms with van der Waals surface area (Å²) in [6.07, 6.45) is 5.24. The quantitative estimate of drug-likeness (QED) is 0.776. The van der Waals surface area contributed by atoms with E-state index in [-0.39, 0.29) is 0 Å². The van der Waals surface area contributed by atoms with Crippen molar-refractivity contribution in [2.24, 2.45) is 0 Å². The summed E-state index contributed by atoms with van der Waals surface area (Å²) in [6, 6.07) is 1.27. The summed E-state index contributed by atoms with van der Waals surface area (Å²) >= 11 is 7.66. The van der Waals surface area contributed by atoms with Gasteiger partial charge >= 0.3 is 0 Å². The molecular weight excluding hydrogens is 290 g/mol. The third kappa shape index (κ3) is 3.03. The molecule has 2 aliphatic heterocycles. The lowest BCUT2D eigenvalue weighted by atomic mass is 10.2. The van der Waals surface area contributed by atoms with E-state index in [1.165, 1.54) is 50.4 Å². The standard InChI is InChI=1S/C15H24ClN3S/c1-2-14(15-17-12(9-16)11-20-15)19-8-5-13(10-19)18-6-3-4-7-18/h11,13-14H,2-10H2,1H3. The van der Waals surface area contributed by atoms with Crippen molar-refractivity contribution in [3.05, 3.63) is 16.1 Å². The number of halogens is 1. The Balaban J connectivity index is 1.64. The SMILES string of the molecule is CCC(c1nc(CCl)cs1)N1CCC(N2CCCC2)C1. The minimum absolute atomic E-state index is 0.490. The van der Waals surface area contributed by atoms with E-state index in [1.54, 1.807) is 11.3 Å². The zero-order valence-corrected chi connectivity index (χ0v) is 13.8. The van der Waals surface area contributed by atoms with Gasteiger partial charge in [0.15, 0.2) is 0 Å². The van der Waals surface area contributed by atoms with Crippen LogP contribution >= 0.6 is 22.9 Å². The van der Waals surface area contributed by atoms with Crippen LogP contribution in [0, 0.1) is 0 Å². The zero-order valence-electron chi connectivity index (χ0n) is 12.2. The average molecular weight is 314 g/mol. The largest absolute Gasteiger partial charge is 0.299 e. The molecule has 0 saturated carbocycles. The third-order valence-corrected chi connectivity index (χ3v) is 5.94. The molecule has 20 heavy (non-hydrogen) atoms. The van der Waals surface area contributed by atoms with Gasteiger partial charge in [0.2, 0.25) is 0 Å². The molecule has 0 radical (unpaired) electrons. The van der Waals surface area contributed by atoms with Crippen molar-refractivity contribution in [1.82, 2.24) is 14.8 Å². The molecule has 2 aliphatic rings. The molecule has 2 fully saturated rings. The van der Waals surface area contributed by atoms with Crippen molar-refractivity contribution in [3.63, 3.8) is 0 Å². The van der Waals surface area contributed by atoms with Crippen LogP contribution in [0.5, 0.6) is 0 Å². The molecule has 2 atom stereocenters. The Morgan fingerprint density at radius 1 is 1.40 bits per heavy atom. The van der Waals surface area contributed by atoms with Crippen LogP contribution in [0.25, 0.3) is 0 Å². The van der Waals surface area contributed by atoms with Crippen LogP contribution in [0.15, 0.2) is 5.38 Å². The van der Waals surface area contributed by atoms with Gasteiger partial charge in [-0.15, -0.1) is 22.9 Å². The first-order valence-corrected chi connectivity index (χ1v) is 9.21. The Kier molecular flexibility index (Phi) is 4.97. The van der Waals surface area contributed by atoms with Crippen LogP contribution in [0.1, 0.15) is 49.4 Å². The second-order valence-electron chi connectivity index (χ2n) is 5.92. The molecule has 0 bridgehead atoms. The summed E-state index contributed by atoms with van der Waals surface area (Å²) in [5.41, 5.74) is 1.03. The second-order valence-corrected chi connectivity index (χ2v) is 7.07. The van der Waals surface area contributed by atoms with E-state index in [0.717, 1.165) is 18.2 Å². The predicted octanol–water partition coefficient (Wildman–Crippen LogP) is 3.50. The fourth-order valence-electron chi connectivity index (χ4n) is 3.58. The van der Waals surface area contributed by atoms with E-state index in [2.05, 4.69) is 22.1 Å². The smallest absolute Gasteiger partial charge is 0.110 e. The molecule has 3 heterocycles. The Morgan fingerprint density at radius 3 is 2.85 bits per heavy atom. The van der Waals surface area contributed by atoms with E-state index in [4.69, 9.17) is 16.6 Å². The molecule has 2 unspecified atom stereocenters. The monoisotopic (exact) mass is 313 g/mol. The normalized spacial score (nSPS) is 26.4. The number of aromatic nitrogens is 1. The fraction of sp³-hybridized carbons (Fsp3) is 0.800. The Bertz CT molecular complexity index is 431. The fourth-order valence-corrected chi connectivity index (χ4v) is 4.85. The molecule has 0 amide bonds. The highest BCUT2D eigenvalue weighted by Gasteiger charge is 2.33. The van der Waals surface area contributed by atoms with Crippen molar-refractivity contribution in [2.75, 3.05) is 26.2 Å². The number of rotatable bonds is 5. The summed E-state index contributed by atoms with van der Waals surface area (Å²) in [6.45, 7) is 7.32. The number of likely N-dealkylation sites (tertiary alicyclic amines) is 2. The first kappa shape index (κ1) is 14.8. The van der Waals surface area contributed by atoms with Crippen molar-refractivity contribution in [1.29, 1.82) is 0 Å². The maximum atomic E-state index is 5.88. The van der Waals surface area contributed by atoms with Crippen molar-refractivity contribution in [3.8, 4) is 0 Å². The van der Waals surface area contributed by atoms with E-state index in [0.29, 0.717) is 11.9 Å². The van der Waals surface area contributed by atoms with Crippen LogP contribution in [0.4, 0.5) is 0 Å². The van der Waals surface area contributed by atoms with E-state index >= 15 is 0 Å². The number of thiazole rings is 1. The lowest BCUT2D eigenvalue weighted by Crippen LogP contribution is -2.36. The van der Waals surface area contributed by atoms with Gasteiger partial charge in [-0.3, -0.25) is 9.80 Å². The first-order chi connectivity index (χ1) is 9.81. The lowest BCUT2D eigenvalue weighted by molar-refractivity contribution is 0.196. The van der Waals surface area contributed by atoms with Gasteiger partial charge in [0.05, 0.1) is 17.6 Å². The van der Waals surface area contributed by atoms with Gasteiger partial charge in [0, 0.05) is 24.5 Å². The van der Waals surface area contributed by atoms with Crippen molar-refractivity contribution < 1.29 is 0 Å². The third-order valence-electron chi connectivity index (χ3n) is 4.67. The van der Waals surface area contributed by atoms with Crippen LogP contribution in [-0.4, -0.2) is 47.0 Å². The molecule has 0 aromatic carbocycles. The van der Waals surface area contributed by atoms with Crippen LogP contribution in [0.3, 0.4) is 0 Å². The minimum Gasteiger partial charge on any atom is -0.299 e. The maximum Gasteiger partial charge on any atom is 0.110 e. The van der Waals surface area contributed by atoms with Gasteiger partial charge in [0.1, 0.15) is 5.01 Å². The molecule has 0 aliphatic carbocycles. The zero-order chi connectivity index (χ0) is 13.9. The topological polar surface area (TPSA) is 19.4 Å². The van der Waals surface area contributed by atoms with Gasteiger partial charge in [0.25, 0.3) is 0 Å². The van der Waals surface area contributed by atoms with Crippen LogP contribution in [-0.2, 0) is 5.88 Å². The summed E-state index contributed by atoms with van der Waals surface area (Å²) in [4.78, 5) is 10.0. The number of hydrogen-bond donors (Lipinski definition) is 0. The minimum atomic E-state index is 0.490. The molecule has 112 valence electrons. The van der Waals surface area contributed by atoms with Crippen molar-refractivity contribution >= 4 is 22.9 Å². The predicted molar refractivity (Wildman–Crippen MR) is 85.5 cm³/mol.